The average Bonchev–Trinajstić information content (AvgIpc) is 2.71. The van der Waals surface area contributed by atoms with E-state index in [1.165, 1.54) is 21.3 Å². The lowest BCUT2D eigenvalue weighted by Gasteiger charge is -2.26. The molecule has 0 aliphatic carbocycles. The number of ether oxygens (including phenoxy) is 4. The van der Waals surface area contributed by atoms with E-state index in [0.717, 1.165) is 6.07 Å². The number of nitrogens with zero attached hydrogens (tertiary/aromatic N) is 1. The minimum Gasteiger partial charge on any atom is -0.493 e. The van der Waals surface area contributed by atoms with E-state index in [-0.39, 0.29) is 34.5 Å². The van der Waals surface area contributed by atoms with Crippen molar-refractivity contribution < 1.29 is 28.5 Å². The summed E-state index contributed by atoms with van der Waals surface area (Å²) in [5, 5.41) is 19.1. The Morgan fingerprint density at radius 1 is 1.21 bits per heavy atom. The Bertz CT molecular complexity index is 1050. The fourth-order valence-corrected chi connectivity index (χ4v) is 3.13. The van der Waals surface area contributed by atoms with Gasteiger partial charge in [0.2, 0.25) is 22.8 Å². The van der Waals surface area contributed by atoms with Crippen molar-refractivity contribution >= 4 is 0 Å². The van der Waals surface area contributed by atoms with Gasteiger partial charge in [-0.2, -0.15) is 5.26 Å². The highest BCUT2D eigenvalue weighted by Gasteiger charge is 2.38. The highest BCUT2D eigenvalue weighted by Crippen LogP contribution is 2.49. The van der Waals surface area contributed by atoms with Gasteiger partial charge in [-0.25, -0.2) is 0 Å². The van der Waals surface area contributed by atoms with E-state index in [9.17, 15) is 15.2 Å². The van der Waals surface area contributed by atoms with Crippen molar-refractivity contribution in [3.05, 3.63) is 57.0 Å². The van der Waals surface area contributed by atoms with E-state index in [4.69, 9.17) is 29.1 Å². The SMILES string of the molecule is COc1ccc([C@@H]2C(C#N)=C(N)Oc3c2oc(CO)cc3=O)c(OC)c1OC. The van der Waals surface area contributed by atoms with Crippen molar-refractivity contribution in [1.29, 1.82) is 5.26 Å². The van der Waals surface area contributed by atoms with Gasteiger partial charge in [0.1, 0.15) is 24.0 Å². The molecule has 146 valence electrons. The van der Waals surface area contributed by atoms with Crippen molar-refractivity contribution in [1.82, 2.24) is 0 Å². The topological polar surface area (TPSA) is 137 Å². The van der Waals surface area contributed by atoms with Gasteiger partial charge in [-0.1, -0.05) is 6.07 Å². The molecule has 0 radical (unpaired) electrons. The van der Waals surface area contributed by atoms with Gasteiger partial charge < -0.3 is 34.2 Å². The largest absolute Gasteiger partial charge is 0.493 e. The maximum atomic E-state index is 12.4. The van der Waals surface area contributed by atoms with E-state index in [1.54, 1.807) is 12.1 Å². The molecule has 2 heterocycles. The fraction of sp³-hybridized carbons (Fsp3) is 0.263. The van der Waals surface area contributed by atoms with Crippen LogP contribution in [0.25, 0.3) is 0 Å². The molecule has 3 rings (SSSR count). The standard InChI is InChI=1S/C19H18N2O7/c1-24-13-5-4-10(15(25-2)17(13)26-3)14-11(7-20)19(21)28-16-12(23)6-9(8-22)27-18(14)16/h4-6,14,22H,8,21H2,1-3H3/t14-/m1/s1. The summed E-state index contributed by atoms with van der Waals surface area (Å²) in [6, 6.07) is 6.38. The van der Waals surface area contributed by atoms with Crippen LogP contribution in [0, 0.1) is 11.3 Å². The summed E-state index contributed by atoms with van der Waals surface area (Å²) in [7, 11) is 4.35. The quantitative estimate of drug-likeness (QED) is 0.780. The van der Waals surface area contributed by atoms with Crippen LogP contribution < -0.4 is 30.1 Å². The van der Waals surface area contributed by atoms with Crippen LogP contribution in [0.5, 0.6) is 23.0 Å². The molecule has 0 unspecified atom stereocenters. The molecule has 0 saturated heterocycles. The number of hydrogen-bond acceptors (Lipinski definition) is 9. The third kappa shape index (κ3) is 2.90. The zero-order valence-corrected chi connectivity index (χ0v) is 15.4. The predicted octanol–water partition coefficient (Wildman–Crippen LogP) is 1.38. The molecule has 2 aromatic rings. The highest BCUT2D eigenvalue weighted by atomic mass is 16.5. The summed E-state index contributed by atoms with van der Waals surface area (Å²) >= 11 is 0. The minimum atomic E-state index is -0.914. The lowest BCUT2D eigenvalue weighted by molar-refractivity contribution is 0.231. The Morgan fingerprint density at radius 3 is 2.50 bits per heavy atom. The van der Waals surface area contributed by atoms with Gasteiger partial charge in [0, 0.05) is 11.6 Å². The van der Waals surface area contributed by atoms with Crippen LogP contribution >= 0.6 is 0 Å². The predicted molar refractivity (Wildman–Crippen MR) is 96.3 cm³/mol. The first-order valence-corrected chi connectivity index (χ1v) is 8.14. The molecule has 1 aliphatic heterocycles. The third-order valence-electron chi connectivity index (χ3n) is 4.33. The summed E-state index contributed by atoms with van der Waals surface area (Å²) in [5.74, 6) is -0.248. The molecule has 0 saturated carbocycles. The second-order valence-corrected chi connectivity index (χ2v) is 5.78. The lowest BCUT2D eigenvalue weighted by Crippen LogP contribution is -2.25. The van der Waals surface area contributed by atoms with E-state index in [0.29, 0.717) is 17.1 Å². The fourth-order valence-electron chi connectivity index (χ4n) is 3.13. The second kappa shape index (κ2) is 7.54. The number of nitriles is 1. The van der Waals surface area contributed by atoms with Crippen LogP contribution in [0.4, 0.5) is 0 Å². The van der Waals surface area contributed by atoms with Crippen molar-refractivity contribution in [3.63, 3.8) is 0 Å². The molecule has 1 aliphatic rings. The third-order valence-corrected chi connectivity index (χ3v) is 4.33. The van der Waals surface area contributed by atoms with Crippen LogP contribution in [0.1, 0.15) is 23.0 Å². The zero-order valence-electron chi connectivity index (χ0n) is 15.4. The lowest BCUT2D eigenvalue weighted by atomic mass is 9.86. The molecule has 1 aromatic heterocycles. The molecule has 9 nitrogen and oxygen atoms in total. The van der Waals surface area contributed by atoms with Crippen molar-refractivity contribution in [2.45, 2.75) is 12.5 Å². The van der Waals surface area contributed by atoms with Gasteiger partial charge in [-0.3, -0.25) is 4.79 Å². The normalized spacial score (nSPS) is 15.3. The van der Waals surface area contributed by atoms with Crippen molar-refractivity contribution in [3.8, 4) is 29.1 Å². The monoisotopic (exact) mass is 386 g/mol. The molecule has 0 fully saturated rings. The summed E-state index contributed by atoms with van der Waals surface area (Å²) < 4.78 is 27.2. The number of fused-ring (bicyclic) bond motifs is 1. The molecule has 9 heteroatoms. The molecular formula is C19H18N2O7. The number of rotatable bonds is 5. The first kappa shape index (κ1) is 19.1. The summed E-state index contributed by atoms with van der Waals surface area (Å²) in [5.41, 5.74) is 5.84. The number of allylic oxidation sites excluding steroid dienone is 1. The van der Waals surface area contributed by atoms with Crippen LogP contribution in [0.3, 0.4) is 0 Å². The maximum Gasteiger partial charge on any atom is 0.228 e. The van der Waals surface area contributed by atoms with Crippen LogP contribution in [0.2, 0.25) is 0 Å². The summed E-state index contributed by atoms with van der Waals surface area (Å²) in [6.45, 7) is -0.501. The van der Waals surface area contributed by atoms with Crippen LogP contribution in [-0.2, 0) is 6.61 Å². The molecular weight excluding hydrogens is 368 g/mol. The molecule has 1 atom stereocenters. The number of benzene rings is 1. The second-order valence-electron chi connectivity index (χ2n) is 5.78. The van der Waals surface area contributed by atoms with Gasteiger partial charge in [-0.15, -0.1) is 0 Å². The Kier molecular flexibility index (Phi) is 5.15. The summed E-state index contributed by atoms with van der Waals surface area (Å²) in [4.78, 5) is 12.4. The minimum absolute atomic E-state index is 0.0227. The molecule has 1 aromatic carbocycles. The average molecular weight is 386 g/mol. The van der Waals surface area contributed by atoms with Crippen LogP contribution in [0.15, 0.2) is 38.9 Å². The maximum absolute atomic E-state index is 12.4. The first-order valence-electron chi connectivity index (χ1n) is 8.14. The molecule has 3 N–H and O–H groups in total. The van der Waals surface area contributed by atoms with E-state index < -0.39 is 18.0 Å². The molecule has 0 bridgehead atoms. The Labute approximate surface area is 160 Å². The Morgan fingerprint density at radius 2 is 1.93 bits per heavy atom. The van der Waals surface area contributed by atoms with E-state index >= 15 is 0 Å². The van der Waals surface area contributed by atoms with E-state index in [1.807, 2.05) is 6.07 Å². The molecule has 28 heavy (non-hydrogen) atoms. The first-order chi connectivity index (χ1) is 13.5. The number of aliphatic hydroxyl groups is 1. The van der Waals surface area contributed by atoms with E-state index in [2.05, 4.69) is 0 Å². The van der Waals surface area contributed by atoms with Gasteiger partial charge in [0.05, 0.1) is 27.2 Å². The van der Waals surface area contributed by atoms with Crippen molar-refractivity contribution in [2.24, 2.45) is 5.73 Å². The zero-order chi connectivity index (χ0) is 20.4. The van der Waals surface area contributed by atoms with Crippen molar-refractivity contribution in [2.75, 3.05) is 21.3 Å². The molecule has 0 amide bonds. The number of hydrogen-bond donors (Lipinski definition) is 2. The number of aliphatic hydroxyl groups excluding tert-OH is 1. The summed E-state index contributed by atoms with van der Waals surface area (Å²) in [6.07, 6.45) is 0. The van der Waals surface area contributed by atoms with Gasteiger partial charge >= 0.3 is 0 Å². The smallest absolute Gasteiger partial charge is 0.228 e. The van der Waals surface area contributed by atoms with Crippen LogP contribution in [-0.4, -0.2) is 26.4 Å². The molecule has 0 spiro atoms. The number of methoxy groups -OCH3 is 3. The number of nitrogens with two attached hydrogens (primary N) is 1. The highest BCUT2D eigenvalue weighted by molar-refractivity contribution is 5.62. The Hall–Kier alpha value is -3.64. The van der Waals surface area contributed by atoms with Gasteiger partial charge in [-0.05, 0) is 6.07 Å². The Balaban J connectivity index is 2.37. The van der Waals surface area contributed by atoms with Gasteiger partial charge in [0.15, 0.2) is 17.3 Å². The van der Waals surface area contributed by atoms with Gasteiger partial charge in [0.25, 0.3) is 0 Å².